The normalized spacial score (nSPS) is 10.1. The van der Waals surface area contributed by atoms with Crippen molar-refractivity contribution in [2.24, 2.45) is 0 Å². The zero-order valence-corrected chi connectivity index (χ0v) is 11.2. The first-order valence-electron chi connectivity index (χ1n) is 6.46. The number of hydrogen-bond donors (Lipinski definition) is 2. The topological polar surface area (TPSA) is 54.0 Å². The first-order valence-corrected chi connectivity index (χ1v) is 6.46. The van der Waals surface area contributed by atoms with Gasteiger partial charge in [-0.15, -0.1) is 0 Å². The molecule has 0 fully saturated rings. The van der Waals surface area contributed by atoms with E-state index in [9.17, 15) is 9.18 Å². The van der Waals surface area contributed by atoms with Gasteiger partial charge >= 0.3 is 0 Å². The van der Waals surface area contributed by atoms with Crippen LogP contribution in [0.1, 0.15) is 23.8 Å². The highest BCUT2D eigenvalue weighted by Crippen LogP contribution is 2.18. The zero-order chi connectivity index (χ0) is 14.4. The van der Waals surface area contributed by atoms with E-state index in [1.165, 1.54) is 12.3 Å². The summed E-state index contributed by atoms with van der Waals surface area (Å²) in [5.74, 6) is -0.540. The van der Waals surface area contributed by atoms with E-state index < -0.39 is 0 Å². The van der Waals surface area contributed by atoms with Crippen molar-refractivity contribution in [2.45, 2.75) is 13.3 Å². The van der Waals surface area contributed by atoms with Crippen molar-refractivity contribution in [2.75, 3.05) is 11.9 Å². The van der Waals surface area contributed by atoms with Gasteiger partial charge in [-0.1, -0.05) is 19.1 Å². The van der Waals surface area contributed by atoms with E-state index in [1.807, 2.05) is 6.92 Å². The third-order valence-corrected chi connectivity index (χ3v) is 2.68. The van der Waals surface area contributed by atoms with E-state index >= 15 is 0 Å². The molecule has 0 atom stereocenters. The van der Waals surface area contributed by atoms with Gasteiger partial charge in [-0.05, 0) is 30.7 Å². The second-order valence-corrected chi connectivity index (χ2v) is 4.29. The number of carbonyl (C=O) groups is 1. The predicted molar refractivity (Wildman–Crippen MR) is 76.5 cm³/mol. The minimum atomic E-state index is -0.336. The average molecular weight is 273 g/mol. The number of rotatable bonds is 5. The summed E-state index contributed by atoms with van der Waals surface area (Å²) in [7, 11) is 0. The average Bonchev–Trinajstić information content (AvgIpc) is 2.48. The van der Waals surface area contributed by atoms with Crippen molar-refractivity contribution in [1.29, 1.82) is 0 Å². The quantitative estimate of drug-likeness (QED) is 0.880. The molecular formula is C15H16FN3O. The van der Waals surface area contributed by atoms with E-state index in [-0.39, 0.29) is 11.7 Å². The summed E-state index contributed by atoms with van der Waals surface area (Å²) in [4.78, 5) is 15.7. The van der Waals surface area contributed by atoms with Crippen LogP contribution >= 0.6 is 0 Å². The van der Waals surface area contributed by atoms with Gasteiger partial charge in [0.2, 0.25) is 0 Å². The minimum absolute atomic E-state index is 0.204. The summed E-state index contributed by atoms with van der Waals surface area (Å²) in [6.07, 6.45) is 2.38. The Morgan fingerprint density at radius 1 is 1.25 bits per heavy atom. The molecule has 5 heteroatoms. The monoisotopic (exact) mass is 273 g/mol. The molecule has 0 aliphatic rings. The molecule has 0 bridgehead atoms. The molecule has 4 nitrogen and oxygen atoms in total. The van der Waals surface area contributed by atoms with Crippen LogP contribution in [-0.2, 0) is 0 Å². The Hall–Kier alpha value is -2.43. The number of anilines is 2. The van der Waals surface area contributed by atoms with Crippen LogP contribution in [0.15, 0.2) is 42.6 Å². The Morgan fingerprint density at radius 3 is 2.70 bits per heavy atom. The fraction of sp³-hybridized carbons (Fsp3) is 0.200. The van der Waals surface area contributed by atoms with Gasteiger partial charge in [0.15, 0.2) is 0 Å². The van der Waals surface area contributed by atoms with Crippen LogP contribution in [0, 0.1) is 5.82 Å². The molecule has 1 amide bonds. The van der Waals surface area contributed by atoms with E-state index in [1.54, 1.807) is 30.3 Å². The second kappa shape index (κ2) is 6.65. The molecule has 1 aromatic carbocycles. The number of carbonyl (C=O) groups excluding carboxylic acids is 1. The van der Waals surface area contributed by atoms with Gasteiger partial charge in [0, 0.05) is 6.54 Å². The Bertz CT molecular complexity index is 584. The zero-order valence-electron chi connectivity index (χ0n) is 11.2. The molecule has 2 N–H and O–H groups in total. The van der Waals surface area contributed by atoms with Crippen LogP contribution in [0.2, 0.25) is 0 Å². The van der Waals surface area contributed by atoms with Crippen LogP contribution in [0.5, 0.6) is 0 Å². The molecule has 104 valence electrons. The van der Waals surface area contributed by atoms with E-state index in [4.69, 9.17) is 0 Å². The van der Waals surface area contributed by atoms with Gasteiger partial charge in [-0.25, -0.2) is 9.37 Å². The predicted octanol–water partition coefficient (Wildman–Crippen LogP) is 3.10. The number of pyridine rings is 1. The van der Waals surface area contributed by atoms with Gasteiger partial charge in [-0.2, -0.15) is 0 Å². The summed E-state index contributed by atoms with van der Waals surface area (Å²) in [5.41, 5.74) is 1.34. The largest absolute Gasteiger partial charge is 0.352 e. The van der Waals surface area contributed by atoms with Crippen molar-refractivity contribution >= 4 is 17.3 Å². The maximum Gasteiger partial charge on any atom is 0.269 e. The number of benzene rings is 1. The molecule has 0 aliphatic heterocycles. The lowest BCUT2D eigenvalue weighted by molar-refractivity contribution is 0.0949. The highest BCUT2D eigenvalue weighted by atomic mass is 19.1. The fourth-order valence-corrected chi connectivity index (χ4v) is 1.65. The van der Waals surface area contributed by atoms with Gasteiger partial charge in [0.25, 0.3) is 5.91 Å². The highest BCUT2D eigenvalue weighted by Gasteiger charge is 2.06. The third-order valence-electron chi connectivity index (χ3n) is 2.68. The highest BCUT2D eigenvalue weighted by molar-refractivity contribution is 5.92. The molecule has 1 aromatic heterocycles. The number of amides is 1. The van der Waals surface area contributed by atoms with Crippen LogP contribution in [0.3, 0.4) is 0 Å². The number of halogens is 1. The first-order chi connectivity index (χ1) is 9.70. The van der Waals surface area contributed by atoms with Crippen LogP contribution < -0.4 is 10.6 Å². The number of hydrogen-bond acceptors (Lipinski definition) is 3. The van der Waals surface area contributed by atoms with Crippen molar-refractivity contribution in [3.8, 4) is 0 Å². The maximum atomic E-state index is 13.5. The summed E-state index contributed by atoms with van der Waals surface area (Å²) in [5, 5.41) is 5.66. The Morgan fingerprint density at radius 2 is 2.05 bits per heavy atom. The summed E-state index contributed by atoms with van der Waals surface area (Å²) >= 11 is 0. The van der Waals surface area contributed by atoms with E-state index in [0.29, 0.717) is 23.6 Å². The molecule has 2 aromatic rings. The summed E-state index contributed by atoms with van der Waals surface area (Å²) < 4.78 is 13.5. The number of nitrogens with one attached hydrogen (secondary N) is 2. The van der Waals surface area contributed by atoms with Crippen molar-refractivity contribution in [3.05, 3.63) is 54.1 Å². The molecule has 0 radical (unpaired) electrons. The summed E-state index contributed by atoms with van der Waals surface area (Å²) in [6, 6.07) is 9.68. The minimum Gasteiger partial charge on any atom is -0.352 e. The second-order valence-electron chi connectivity index (χ2n) is 4.29. The number of aromatic nitrogens is 1. The smallest absolute Gasteiger partial charge is 0.269 e. The molecular weight excluding hydrogens is 257 g/mol. The lowest BCUT2D eigenvalue weighted by Gasteiger charge is -2.08. The lowest BCUT2D eigenvalue weighted by atomic mass is 10.2. The third kappa shape index (κ3) is 3.54. The van der Waals surface area contributed by atoms with Crippen molar-refractivity contribution in [3.63, 3.8) is 0 Å². The first kappa shape index (κ1) is 14.0. The van der Waals surface area contributed by atoms with Crippen molar-refractivity contribution in [1.82, 2.24) is 10.3 Å². The van der Waals surface area contributed by atoms with E-state index in [2.05, 4.69) is 15.6 Å². The van der Waals surface area contributed by atoms with Gasteiger partial charge in [0.05, 0.1) is 17.6 Å². The van der Waals surface area contributed by atoms with Crippen LogP contribution in [-0.4, -0.2) is 17.4 Å². The molecule has 0 aliphatic carbocycles. The van der Waals surface area contributed by atoms with Crippen LogP contribution in [0.25, 0.3) is 0 Å². The molecule has 2 rings (SSSR count). The standard InChI is InChI=1S/C15H16FN3O/c1-2-9-17-15(20)14-8-7-11(10-18-14)19-13-6-4-3-5-12(13)16/h3-8,10,19H,2,9H2,1H3,(H,17,20). The van der Waals surface area contributed by atoms with Crippen LogP contribution in [0.4, 0.5) is 15.8 Å². The van der Waals surface area contributed by atoms with Gasteiger partial charge in [-0.3, -0.25) is 4.79 Å². The van der Waals surface area contributed by atoms with E-state index in [0.717, 1.165) is 6.42 Å². The molecule has 20 heavy (non-hydrogen) atoms. The maximum absolute atomic E-state index is 13.5. The molecule has 1 heterocycles. The van der Waals surface area contributed by atoms with Gasteiger partial charge < -0.3 is 10.6 Å². The molecule has 0 saturated heterocycles. The molecule has 0 unspecified atom stereocenters. The Kier molecular flexibility index (Phi) is 4.65. The molecule has 0 saturated carbocycles. The number of nitrogens with zero attached hydrogens (tertiary/aromatic N) is 1. The van der Waals surface area contributed by atoms with Crippen molar-refractivity contribution < 1.29 is 9.18 Å². The lowest BCUT2D eigenvalue weighted by Crippen LogP contribution is -2.24. The Balaban J connectivity index is 2.05. The summed E-state index contributed by atoms with van der Waals surface area (Å²) in [6.45, 7) is 2.60. The van der Waals surface area contributed by atoms with Gasteiger partial charge in [0.1, 0.15) is 11.5 Å². The number of para-hydroxylation sites is 1. The SMILES string of the molecule is CCCNC(=O)c1ccc(Nc2ccccc2F)cn1. The Labute approximate surface area is 117 Å². The fourth-order valence-electron chi connectivity index (χ4n) is 1.65. The molecule has 0 spiro atoms.